The van der Waals surface area contributed by atoms with Crippen molar-refractivity contribution in [1.29, 1.82) is 0 Å². The van der Waals surface area contributed by atoms with Crippen molar-refractivity contribution in [2.75, 3.05) is 5.75 Å². The minimum Gasteiger partial charge on any atom is -0.480 e. The van der Waals surface area contributed by atoms with Gasteiger partial charge in [-0.1, -0.05) is 0 Å². The van der Waals surface area contributed by atoms with Crippen LogP contribution in [0.1, 0.15) is 6.42 Å². The molecule has 0 bridgehead atoms. The summed E-state index contributed by atoms with van der Waals surface area (Å²) in [6.07, 6.45) is -4.12. The van der Waals surface area contributed by atoms with Gasteiger partial charge in [0.25, 0.3) is 6.43 Å². The standard InChI is InChI=1S/C7H9F2NO5S/c8-6(9)4-1-5(11)10-3(7(12)13)2-16(4,14)15/h3-4,6H,1-2H2,(H,10,11)(H,12,13)/t3-,4-/m1/s1. The van der Waals surface area contributed by atoms with E-state index in [1.165, 1.54) is 0 Å². The maximum atomic E-state index is 12.4. The van der Waals surface area contributed by atoms with Crippen LogP contribution in [0.4, 0.5) is 8.78 Å². The number of carboxylic acid groups (broad SMARTS) is 1. The third-order valence-corrected chi connectivity index (χ3v) is 4.25. The van der Waals surface area contributed by atoms with Crippen LogP contribution in [-0.4, -0.2) is 48.9 Å². The third-order valence-electron chi connectivity index (χ3n) is 2.16. The van der Waals surface area contributed by atoms with Crippen molar-refractivity contribution in [3.63, 3.8) is 0 Å². The Morgan fingerprint density at radius 3 is 2.50 bits per heavy atom. The molecular formula is C7H9F2NO5S. The van der Waals surface area contributed by atoms with Crippen LogP contribution in [0.3, 0.4) is 0 Å². The van der Waals surface area contributed by atoms with Crippen LogP contribution >= 0.6 is 0 Å². The van der Waals surface area contributed by atoms with Crippen LogP contribution in [0.25, 0.3) is 0 Å². The minimum atomic E-state index is -4.30. The van der Waals surface area contributed by atoms with Gasteiger partial charge in [-0.3, -0.25) is 4.79 Å². The number of sulfone groups is 1. The molecule has 2 atom stereocenters. The summed E-state index contributed by atoms with van der Waals surface area (Å²) in [7, 11) is -4.30. The quantitative estimate of drug-likeness (QED) is 0.661. The van der Waals surface area contributed by atoms with Gasteiger partial charge in [0.2, 0.25) is 5.91 Å². The normalized spacial score (nSPS) is 29.6. The zero-order valence-electron chi connectivity index (χ0n) is 7.89. The molecule has 1 heterocycles. The highest BCUT2D eigenvalue weighted by atomic mass is 32.2. The SMILES string of the molecule is O=C1C[C@H](C(F)F)S(=O)(=O)C[C@H](C(=O)O)N1. The van der Waals surface area contributed by atoms with E-state index in [0.29, 0.717) is 0 Å². The van der Waals surface area contributed by atoms with Crippen LogP contribution in [0, 0.1) is 0 Å². The summed E-state index contributed by atoms with van der Waals surface area (Å²) in [6, 6.07) is -1.67. The van der Waals surface area contributed by atoms with Gasteiger partial charge in [0.05, 0.1) is 5.75 Å². The summed E-state index contributed by atoms with van der Waals surface area (Å²) in [5, 5.41) is 8.31. The van der Waals surface area contributed by atoms with Crippen LogP contribution in [0.5, 0.6) is 0 Å². The first kappa shape index (κ1) is 12.8. The van der Waals surface area contributed by atoms with Crippen LogP contribution in [0.2, 0.25) is 0 Å². The van der Waals surface area contributed by atoms with E-state index in [0.717, 1.165) is 0 Å². The lowest BCUT2D eigenvalue weighted by molar-refractivity contribution is -0.141. The number of amides is 1. The van der Waals surface area contributed by atoms with Crippen LogP contribution < -0.4 is 5.32 Å². The number of carbonyl (C=O) groups is 2. The highest BCUT2D eigenvalue weighted by Crippen LogP contribution is 2.19. The molecule has 1 rings (SSSR count). The fourth-order valence-corrected chi connectivity index (χ4v) is 3.00. The lowest BCUT2D eigenvalue weighted by Gasteiger charge is -2.12. The van der Waals surface area contributed by atoms with Crippen molar-refractivity contribution in [3.05, 3.63) is 0 Å². The Kier molecular flexibility index (Phi) is 3.46. The number of alkyl halides is 2. The molecule has 0 aromatic rings. The van der Waals surface area contributed by atoms with E-state index in [9.17, 15) is 26.8 Å². The maximum absolute atomic E-state index is 12.4. The number of aliphatic carboxylic acids is 1. The third kappa shape index (κ3) is 2.65. The summed E-state index contributed by atoms with van der Waals surface area (Å²) >= 11 is 0. The Balaban J connectivity index is 3.05. The Labute approximate surface area is 89.5 Å². The molecule has 16 heavy (non-hydrogen) atoms. The van der Waals surface area contributed by atoms with Crippen LogP contribution in [0.15, 0.2) is 0 Å². The van der Waals surface area contributed by atoms with Crippen molar-refractivity contribution in [1.82, 2.24) is 5.32 Å². The van der Waals surface area contributed by atoms with Gasteiger partial charge in [0.1, 0.15) is 11.3 Å². The minimum absolute atomic E-state index is 0.913. The van der Waals surface area contributed by atoms with Gasteiger partial charge < -0.3 is 10.4 Å². The van der Waals surface area contributed by atoms with E-state index in [-0.39, 0.29) is 0 Å². The molecule has 1 amide bonds. The highest BCUT2D eigenvalue weighted by Gasteiger charge is 2.42. The first-order valence-electron chi connectivity index (χ1n) is 4.26. The molecule has 0 aromatic carbocycles. The molecule has 1 saturated heterocycles. The maximum Gasteiger partial charge on any atom is 0.327 e. The average Bonchev–Trinajstić information content (AvgIpc) is 2.22. The molecule has 6 nitrogen and oxygen atoms in total. The second-order valence-electron chi connectivity index (χ2n) is 3.36. The van der Waals surface area contributed by atoms with Gasteiger partial charge >= 0.3 is 5.97 Å². The molecular weight excluding hydrogens is 248 g/mol. The fraction of sp³-hybridized carbons (Fsp3) is 0.714. The average molecular weight is 257 g/mol. The van der Waals surface area contributed by atoms with E-state index in [1.807, 2.05) is 5.32 Å². The summed E-state index contributed by atoms with van der Waals surface area (Å²) < 4.78 is 47.5. The summed E-state index contributed by atoms with van der Waals surface area (Å²) in [5.41, 5.74) is 0. The van der Waals surface area contributed by atoms with E-state index >= 15 is 0 Å². The number of carboxylic acids is 1. The number of hydrogen-bond acceptors (Lipinski definition) is 4. The number of rotatable bonds is 2. The monoisotopic (exact) mass is 257 g/mol. The van der Waals surface area contributed by atoms with Crippen LogP contribution in [-0.2, 0) is 19.4 Å². The second-order valence-corrected chi connectivity index (χ2v) is 5.63. The highest BCUT2D eigenvalue weighted by molar-refractivity contribution is 7.92. The van der Waals surface area contributed by atoms with Gasteiger partial charge in [-0.2, -0.15) is 0 Å². The van der Waals surface area contributed by atoms with E-state index < -0.39 is 51.6 Å². The molecule has 92 valence electrons. The zero-order chi connectivity index (χ0) is 12.5. The van der Waals surface area contributed by atoms with Gasteiger partial charge in [-0.25, -0.2) is 22.0 Å². The second kappa shape index (κ2) is 4.32. The molecule has 9 heteroatoms. The predicted octanol–water partition coefficient (Wildman–Crippen LogP) is -0.992. The molecule has 1 fully saturated rings. The summed E-state index contributed by atoms with van der Waals surface area (Å²) in [4.78, 5) is 21.6. The molecule has 0 spiro atoms. The molecule has 2 N–H and O–H groups in total. The smallest absolute Gasteiger partial charge is 0.327 e. The molecule has 1 aliphatic heterocycles. The first-order valence-corrected chi connectivity index (χ1v) is 5.97. The molecule has 0 aromatic heterocycles. The largest absolute Gasteiger partial charge is 0.480 e. The fourth-order valence-electron chi connectivity index (χ4n) is 1.34. The van der Waals surface area contributed by atoms with Gasteiger partial charge in [-0.05, 0) is 0 Å². The van der Waals surface area contributed by atoms with Gasteiger partial charge in [0, 0.05) is 6.42 Å². The molecule has 0 saturated carbocycles. The van der Waals surface area contributed by atoms with Crippen molar-refractivity contribution >= 4 is 21.7 Å². The van der Waals surface area contributed by atoms with E-state index in [2.05, 4.69) is 0 Å². The molecule has 0 unspecified atom stereocenters. The first-order chi connectivity index (χ1) is 7.24. The van der Waals surface area contributed by atoms with Gasteiger partial charge in [-0.15, -0.1) is 0 Å². The topological polar surface area (TPSA) is 101 Å². The number of nitrogens with one attached hydrogen (secondary N) is 1. The van der Waals surface area contributed by atoms with Crippen molar-refractivity contribution in [3.8, 4) is 0 Å². The Morgan fingerprint density at radius 2 is 2.06 bits per heavy atom. The number of carbonyl (C=O) groups excluding carboxylic acids is 1. The lowest BCUT2D eigenvalue weighted by Crippen LogP contribution is -2.42. The Morgan fingerprint density at radius 1 is 1.50 bits per heavy atom. The number of hydrogen-bond donors (Lipinski definition) is 2. The Bertz CT molecular complexity index is 407. The molecule has 0 aliphatic carbocycles. The summed E-state index contributed by atoms with van der Waals surface area (Å²) in [6.45, 7) is 0. The lowest BCUT2D eigenvalue weighted by atomic mass is 10.2. The van der Waals surface area contributed by atoms with Crippen molar-refractivity contribution in [2.45, 2.75) is 24.1 Å². The van der Waals surface area contributed by atoms with Crippen molar-refractivity contribution in [2.24, 2.45) is 0 Å². The predicted molar refractivity (Wildman–Crippen MR) is 47.8 cm³/mol. The van der Waals surface area contributed by atoms with Gasteiger partial charge in [0.15, 0.2) is 9.84 Å². The van der Waals surface area contributed by atoms with E-state index in [1.54, 1.807) is 0 Å². The number of halogens is 2. The zero-order valence-corrected chi connectivity index (χ0v) is 8.71. The van der Waals surface area contributed by atoms with Crippen molar-refractivity contribution < 1.29 is 31.9 Å². The summed E-state index contributed by atoms with van der Waals surface area (Å²) in [5.74, 6) is -3.58. The molecule has 1 aliphatic rings. The molecule has 0 radical (unpaired) electrons. The Hall–Kier alpha value is -1.25. The van der Waals surface area contributed by atoms with E-state index in [4.69, 9.17) is 5.11 Å².